The average Bonchev–Trinajstić information content (AvgIpc) is 2.48. The summed E-state index contributed by atoms with van der Waals surface area (Å²) in [6, 6.07) is 9.28. The van der Waals surface area contributed by atoms with Gasteiger partial charge >= 0.3 is 0 Å². The van der Waals surface area contributed by atoms with E-state index in [1.54, 1.807) is 12.1 Å². The first kappa shape index (κ1) is 16.0. The van der Waals surface area contributed by atoms with Gasteiger partial charge in [0, 0.05) is 17.7 Å². The molecular weight excluding hydrogens is 306 g/mol. The Bertz CT molecular complexity index is 743. The summed E-state index contributed by atoms with van der Waals surface area (Å²) in [6.45, 7) is 3.72. The van der Waals surface area contributed by atoms with Crippen LogP contribution in [0.3, 0.4) is 0 Å². The number of hydrogen-bond donors (Lipinski definition) is 0. The Morgan fingerprint density at radius 2 is 1.91 bits per heavy atom. The molecule has 0 aromatic heterocycles. The predicted molar refractivity (Wildman–Crippen MR) is 83.8 cm³/mol. The summed E-state index contributed by atoms with van der Waals surface area (Å²) >= 11 is 5.91. The quantitative estimate of drug-likeness (QED) is 0.472. The molecular formula is C16H14ClNO4. The zero-order valence-electron chi connectivity index (χ0n) is 12.1. The minimum atomic E-state index is -0.546. The molecule has 0 saturated carbocycles. The lowest BCUT2D eigenvalue weighted by Gasteiger charge is -2.08. The number of Topliss-reactive ketones (excluding diaryl/α,β-unsaturated/α-hetero) is 1. The predicted octanol–water partition coefficient (Wildman–Crippen LogP) is 4.13. The minimum absolute atomic E-state index is 0.0992. The van der Waals surface area contributed by atoms with Gasteiger partial charge in [-0.2, -0.15) is 0 Å². The monoisotopic (exact) mass is 319 g/mol. The third kappa shape index (κ3) is 3.62. The van der Waals surface area contributed by atoms with E-state index in [-0.39, 0.29) is 28.8 Å². The van der Waals surface area contributed by atoms with Crippen LogP contribution < -0.4 is 4.74 Å². The van der Waals surface area contributed by atoms with Crippen LogP contribution in [0.2, 0.25) is 5.02 Å². The molecule has 2 aromatic rings. The highest BCUT2D eigenvalue weighted by Crippen LogP contribution is 2.28. The van der Waals surface area contributed by atoms with Gasteiger partial charge < -0.3 is 4.74 Å². The summed E-state index contributed by atoms with van der Waals surface area (Å²) in [6.07, 6.45) is 0. The molecule has 0 saturated heterocycles. The Balaban J connectivity index is 2.07. The summed E-state index contributed by atoms with van der Waals surface area (Å²) in [5, 5.41) is 10.7. The van der Waals surface area contributed by atoms with Gasteiger partial charge in [-0.25, -0.2) is 0 Å². The zero-order valence-corrected chi connectivity index (χ0v) is 12.9. The minimum Gasteiger partial charge on any atom is -0.484 e. The summed E-state index contributed by atoms with van der Waals surface area (Å²) < 4.78 is 5.35. The molecule has 0 aliphatic heterocycles. The first-order valence-corrected chi connectivity index (χ1v) is 6.93. The molecule has 2 rings (SSSR count). The summed E-state index contributed by atoms with van der Waals surface area (Å²) in [5.74, 6) is 0.0574. The van der Waals surface area contributed by atoms with Gasteiger partial charge in [-0.3, -0.25) is 14.9 Å². The lowest BCUT2D eigenvalue weighted by Crippen LogP contribution is -2.12. The molecule has 0 radical (unpaired) electrons. The number of nitrogens with zero attached hydrogens (tertiary/aromatic N) is 1. The standard InChI is InChI=1S/C16H14ClNO4/c1-10-3-4-12(7-11(10)2)15(19)9-22-16-6-5-13(18(20)21)8-14(16)17/h3-8H,9H2,1-2H3. The van der Waals surface area contributed by atoms with Crippen molar-refractivity contribution in [3.8, 4) is 5.75 Å². The van der Waals surface area contributed by atoms with Gasteiger partial charge in [0.15, 0.2) is 12.4 Å². The van der Waals surface area contributed by atoms with Crippen LogP contribution in [-0.2, 0) is 0 Å². The summed E-state index contributed by atoms with van der Waals surface area (Å²) in [4.78, 5) is 22.2. The molecule has 2 aromatic carbocycles. The topological polar surface area (TPSA) is 69.4 Å². The fraction of sp³-hybridized carbons (Fsp3) is 0.188. The van der Waals surface area contributed by atoms with Crippen LogP contribution >= 0.6 is 11.6 Å². The van der Waals surface area contributed by atoms with E-state index in [0.29, 0.717) is 5.56 Å². The van der Waals surface area contributed by atoms with E-state index >= 15 is 0 Å². The van der Waals surface area contributed by atoms with Gasteiger partial charge in [-0.15, -0.1) is 0 Å². The molecule has 6 heteroatoms. The van der Waals surface area contributed by atoms with Crippen molar-refractivity contribution in [2.24, 2.45) is 0 Å². The third-order valence-electron chi connectivity index (χ3n) is 3.31. The summed E-state index contributed by atoms with van der Waals surface area (Å²) in [5.41, 5.74) is 2.56. The number of carbonyl (C=O) groups excluding carboxylic acids is 1. The van der Waals surface area contributed by atoms with Crippen LogP contribution in [0.1, 0.15) is 21.5 Å². The molecule has 22 heavy (non-hydrogen) atoms. The Morgan fingerprint density at radius 1 is 1.18 bits per heavy atom. The number of aryl methyl sites for hydroxylation is 2. The van der Waals surface area contributed by atoms with E-state index in [9.17, 15) is 14.9 Å². The highest BCUT2D eigenvalue weighted by Gasteiger charge is 2.13. The smallest absolute Gasteiger partial charge is 0.271 e. The molecule has 0 spiro atoms. The number of halogens is 1. The largest absolute Gasteiger partial charge is 0.484 e. The normalized spacial score (nSPS) is 10.3. The first-order valence-electron chi connectivity index (χ1n) is 6.55. The van der Waals surface area contributed by atoms with E-state index in [1.165, 1.54) is 18.2 Å². The van der Waals surface area contributed by atoms with Crippen molar-refractivity contribution >= 4 is 23.1 Å². The molecule has 0 aliphatic rings. The van der Waals surface area contributed by atoms with Crippen molar-refractivity contribution in [1.82, 2.24) is 0 Å². The Labute approximate surface area is 132 Å². The molecule has 0 heterocycles. The molecule has 0 aliphatic carbocycles. The van der Waals surface area contributed by atoms with E-state index in [4.69, 9.17) is 16.3 Å². The molecule has 0 unspecified atom stereocenters. The second-order valence-electron chi connectivity index (χ2n) is 4.88. The first-order chi connectivity index (χ1) is 10.4. The van der Waals surface area contributed by atoms with E-state index < -0.39 is 4.92 Å². The number of hydrogen-bond acceptors (Lipinski definition) is 4. The molecule has 0 bridgehead atoms. The Hall–Kier alpha value is -2.40. The van der Waals surface area contributed by atoms with Crippen LogP contribution in [0.25, 0.3) is 0 Å². The summed E-state index contributed by atoms with van der Waals surface area (Å²) in [7, 11) is 0. The highest BCUT2D eigenvalue weighted by atomic mass is 35.5. The van der Waals surface area contributed by atoms with Gasteiger partial charge in [-0.05, 0) is 37.1 Å². The lowest BCUT2D eigenvalue weighted by atomic mass is 10.0. The number of ether oxygens (including phenoxy) is 1. The molecule has 0 N–H and O–H groups in total. The number of nitro benzene ring substituents is 1. The van der Waals surface area contributed by atoms with Gasteiger partial charge in [0.2, 0.25) is 0 Å². The van der Waals surface area contributed by atoms with Crippen LogP contribution in [0, 0.1) is 24.0 Å². The second-order valence-corrected chi connectivity index (χ2v) is 5.29. The zero-order chi connectivity index (χ0) is 16.3. The fourth-order valence-electron chi connectivity index (χ4n) is 1.86. The second kappa shape index (κ2) is 6.58. The van der Waals surface area contributed by atoms with Crippen molar-refractivity contribution in [2.75, 3.05) is 6.61 Å². The highest BCUT2D eigenvalue weighted by molar-refractivity contribution is 6.32. The van der Waals surface area contributed by atoms with Crippen molar-refractivity contribution in [2.45, 2.75) is 13.8 Å². The maximum Gasteiger partial charge on any atom is 0.271 e. The van der Waals surface area contributed by atoms with Gasteiger partial charge in [-0.1, -0.05) is 23.7 Å². The number of carbonyl (C=O) groups is 1. The lowest BCUT2D eigenvalue weighted by molar-refractivity contribution is -0.384. The van der Waals surface area contributed by atoms with E-state index in [1.807, 2.05) is 19.9 Å². The SMILES string of the molecule is Cc1ccc(C(=O)COc2ccc([N+](=O)[O-])cc2Cl)cc1C. The molecule has 114 valence electrons. The van der Waals surface area contributed by atoms with Crippen molar-refractivity contribution in [1.29, 1.82) is 0 Å². The van der Waals surface area contributed by atoms with E-state index in [2.05, 4.69) is 0 Å². The van der Waals surface area contributed by atoms with Gasteiger partial charge in [0.25, 0.3) is 5.69 Å². The molecule has 5 nitrogen and oxygen atoms in total. The number of non-ortho nitro benzene ring substituents is 1. The molecule has 0 amide bonds. The number of rotatable bonds is 5. The maximum atomic E-state index is 12.1. The Kier molecular flexibility index (Phi) is 4.78. The number of nitro groups is 1. The van der Waals surface area contributed by atoms with Crippen molar-refractivity contribution < 1.29 is 14.5 Å². The maximum absolute atomic E-state index is 12.1. The molecule has 0 fully saturated rings. The van der Waals surface area contributed by atoms with Crippen molar-refractivity contribution in [3.05, 3.63) is 68.2 Å². The van der Waals surface area contributed by atoms with E-state index in [0.717, 1.165) is 11.1 Å². The van der Waals surface area contributed by atoms with Crippen LogP contribution in [0.15, 0.2) is 36.4 Å². The van der Waals surface area contributed by atoms with Gasteiger partial charge in [0.05, 0.1) is 9.95 Å². The average molecular weight is 320 g/mol. The fourth-order valence-corrected chi connectivity index (χ4v) is 2.09. The van der Waals surface area contributed by atoms with Crippen LogP contribution in [0.5, 0.6) is 5.75 Å². The third-order valence-corrected chi connectivity index (χ3v) is 3.61. The van der Waals surface area contributed by atoms with Crippen LogP contribution in [-0.4, -0.2) is 17.3 Å². The Morgan fingerprint density at radius 3 is 2.50 bits per heavy atom. The van der Waals surface area contributed by atoms with Crippen molar-refractivity contribution in [3.63, 3.8) is 0 Å². The van der Waals surface area contributed by atoms with Crippen LogP contribution in [0.4, 0.5) is 5.69 Å². The number of benzene rings is 2. The number of ketones is 1. The van der Waals surface area contributed by atoms with Gasteiger partial charge in [0.1, 0.15) is 5.75 Å². The molecule has 0 atom stereocenters.